The van der Waals surface area contributed by atoms with Crippen molar-refractivity contribution in [1.29, 1.82) is 0 Å². The number of allylic oxidation sites excluding steroid dienone is 2. The van der Waals surface area contributed by atoms with Crippen LogP contribution in [0.3, 0.4) is 0 Å². The Labute approximate surface area is 54.2 Å². The van der Waals surface area contributed by atoms with Gasteiger partial charge in [0.25, 0.3) is 0 Å². The molecule has 0 heterocycles. The molecule has 0 aliphatic heterocycles. The van der Waals surface area contributed by atoms with E-state index in [1.54, 1.807) is 6.92 Å². The van der Waals surface area contributed by atoms with Gasteiger partial charge in [-0.1, -0.05) is 6.92 Å². The fourth-order valence-corrected chi connectivity index (χ4v) is 1.09. The molecule has 0 spiro atoms. The average molecular weight is 126 g/mol. The van der Waals surface area contributed by atoms with E-state index in [0.717, 1.165) is 12.0 Å². The molecule has 1 aliphatic carbocycles. The van der Waals surface area contributed by atoms with Crippen LogP contribution in [0, 0.1) is 5.92 Å². The van der Waals surface area contributed by atoms with E-state index in [9.17, 15) is 4.79 Å². The minimum Gasteiger partial charge on any atom is -0.504 e. The van der Waals surface area contributed by atoms with Crippen LogP contribution in [0.1, 0.15) is 20.3 Å². The zero-order valence-corrected chi connectivity index (χ0v) is 5.64. The molecular formula is C7H10O2. The van der Waals surface area contributed by atoms with E-state index in [1.165, 1.54) is 0 Å². The number of carbonyl (C=O) groups excluding carboxylic acids is 1. The van der Waals surface area contributed by atoms with E-state index in [4.69, 9.17) is 5.11 Å². The Balaban J connectivity index is 2.87. The lowest BCUT2D eigenvalue weighted by Gasteiger charge is -1.94. The van der Waals surface area contributed by atoms with Gasteiger partial charge in [-0.15, -0.1) is 0 Å². The van der Waals surface area contributed by atoms with Gasteiger partial charge in [-0.2, -0.15) is 0 Å². The highest BCUT2D eigenvalue weighted by Gasteiger charge is 2.26. The molecule has 0 bridgehead atoms. The van der Waals surface area contributed by atoms with Gasteiger partial charge in [-0.3, -0.25) is 4.79 Å². The molecule has 1 rings (SSSR count). The molecule has 1 unspecified atom stereocenters. The zero-order chi connectivity index (χ0) is 7.02. The van der Waals surface area contributed by atoms with Crippen LogP contribution in [0.5, 0.6) is 0 Å². The molecule has 1 N–H and O–H groups in total. The van der Waals surface area contributed by atoms with Crippen molar-refractivity contribution in [2.75, 3.05) is 0 Å². The minimum atomic E-state index is -0.104. The van der Waals surface area contributed by atoms with Gasteiger partial charge >= 0.3 is 0 Å². The monoisotopic (exact) mass is 126 g/mol. The van der Waals surface area contributed by atoms with Crippen LogP contribution in [-0.4, -0.2) is 10.9 Å². The summed E-state index contributed by atoms with van der Waals surface area (Å²) in [7, 11) is 0. The smallest absolute Gasteiger partial charge is 0.200 e. The third-order valence-corrected chi connectivity index (χ3v) is 1.70. The summed E-state index contributed by atoms with van der Waals surface area (Å²) in [6.45, 7) is 3.62. The molecule has 0 radical (unpaired) electrons. The SMILES string of the molecule is CC1=C(O)C(=O)C(C)C1. The van der Waals surface area contributed by atoms with Crippen LogP contribution < -0.4 is 0 Å². The van der Waals surface area contributed by atoms with Crippen LogP contribution in [0.2, 0.25) is 0 Å². The zero-order valence-electron chi connectivity index (χ0n) is 5.64. The first kappa shape index (κ1) is 6.33. The maximum atomic E-state index is 10.8. The van der Waals surface area contributed by atoms with Crippen molar-refractivity contribution in [3.05, 3.63) is 11.3 Å². The molecule has 1 aliphatic rings. The Kier molecular flexibility index (Phi) is 1.31. The Bertz CT molecular complexity index is 179. The largest absolute Gasteiger partial charge is 0.504 e. The normalized spacial score (nSPS) is 27.8. The molecule has 0 aromatic heterocycles. The van der Waals surface area contributed by atoms with E-state index >= 15 is 0 Å². The van der Waals surface area contributed by atoms with Crippen LogP contribution in [-0.2, 0) is 4.79 Å². The number of rotatable bonds is 0. The molecule has 1 atom stereocenters. The molecular weight excluding hydrogens is 116 g/mol. The van der Waals surface area contributed by atoms with Gasteiger partial charge in [0, 0.05) is 5.92 Å². The van der Waals surface area contributed by atoms with Crippen molar-refractivity contribution < 1.29 is 9.90 Å². The second-order valence-electron chi connectivity index (χ2n) is 2.60. The van der Waals surface area contributed by atoms with Crippen molar-refractivity contribution in [2.24, 2.45) is 5.92 Å². The first-order chi connectivity index (χ1) is 4.13. The molecule has 0 aromatic carbocycles. The van der Waals surface area contributed by atoms with E-state index in [2.05, 4.69) is 0 Å². The van der Waals surface area contributed by atoms with Crippen molar-refractivity contribution in [2.45, 2.75) is 20.3 Å². The topological polar surface area (TPSA) is 37.3 Å². The third-order valence-electron chi connectivity index (χ3n) is 1.70. The Morgan fingerprint density at radius 3 is 2.33 bits per heavy atom. The summed E-state index contributed by atoms with van der Waals surface area (Å²) in [6, 6.07) is 0. The Morgan fingerprint density at radius 2 is 2.22 bits per heavy atom. The quantitative estimate of drug-likeness (QED) is 0.533. The summed E-state index contributed by atoms with van der Waals surface area (Å²) in [6.07, 6.45) is 0.727. The minimum absolute atomic E-state index is 0.00463. The van der Waals surface area contributed by atoms with Crippen molar-refractivity contribution in [3.8, 4) is 0 Å². The van der Waals surface area contributed by atoms with Crippen LogP contribution in [0.4, 0.5) is 0 Å². The maximum absolute atomic E-state index is 10.8. The predicted molar refractivity (Wildman–Crippen MR) is 34.1 cm³/mol. The molecule has 2 heteroatoms. The first-order valence-corrected chi connectivity index (χ1v) is 3.06. The van der Waals surface area contributed by atoms with Crippen LogP contribution in [0.15, 0.2) is 11.3 Å². The fourth-order valence-electron chi connectivity index (χ4n) is 1.09. The van der Waals surface area contributed by atoms with Crippen molar-refractivity contribution >= 4 is 5.78 Å². The van der Waals surface area contributed by atoms with Gasteiger partial charge in [0.05, 0.1) is 0 Å². The summed E-state index contributed by atoms with van der Waals surface area (Å²) >= 11 is 0. The van der Waals surface area contributed by atoms with E-state index in [-0.39, 0.29) is 17.5 Å². The van der Waals surface area contributed by atoms with Crippen LogP contribution in [0.25, 0.3) is 0 Å². The van der Waals surface area contributed by atoms with Crippen molar-refractivity contribution in [1.82, 2.24) is 0 Å². The lowest BCUT2D eigenvalue weighted by atomic mass is 10.1. The molecule has 9 heavy (non-hydrogen) atoms. The maximum Gasteiger partial charge on any atom is 0.200 e. The number of carbonyl (C=O) groups is 1. The highest BCUT2D eigenvalue weighted by molar-refractivity contribution is 5.97. The second-order valence-corrected chi connectivity index (χ2v) is 2.60. The Morgan fingerprint density at radius 1 is 1.67 bits per heavy atom. The number of hydrogen-bond acceptors (Lipinski definition) is 2. The molecule has 0 aromatic rings. The number of Topliss-reactive ketones (excluding diaryl/α,β-unsaturated/α-hetero) is 1. The van der Waals surface area contributed by atoms with Gasteiger partial charge in [0.15, 0.2) is 11.5 Å². The third kappa shape index (κ3) is 0.846. The summed E-state index contributed by atoms with van der Waals surface area (Å²) in [5.41, 5.74) is 0.826. The highest BCUT2D eigenvalue weighted by Crippen LogP contribution is 2.25. The molecule has 0 fully saturated rings. The lowest BCUT2D eigenvalue weighted by molar-refractivity contribution is -0.120. The van der Waals surface area contributed by atoms with Gasteiger partial charge in [-0.25, -0.2) is 0 Å². The van der Waals surface area contributed by atoms with Gasteiger partial charge in [0.1, 0.15) is 0 Å². The predicted octanol–water partition coefficient (Wildman–Crippen LogP) is 1.43. The number of ketones is 1. The van der Waals surface area contributed by atoms with Crippen LogP contribution >= 0.6 is 0 Å². The fraction of sp³-hybridized carbons (Fsp3) is 0.571. The molecule has 2 nitrogen and oxygen atoms in total. The van der Waals surface area contributed by atoms with Gasteiger partial charge in [0.2, 0.25) is 0 Å². The first-order valence-electron chi connectivity index (χ1n) is 3.06. The summed E-state index contributed by atoms with van der Waals surface area (Å²) in [4.78, 5) is 10.8. The number of aliphatic hydroxyl groups excluding tert-OH is 1. The second kappa shape index (κ2) is 1.87. The molecule has 0 saturated carbocycles. The molecule has 0 saturated heterocycles. The summed E-state index contributed by atoms with van der Waals surface area (Å²) < 4.78 is 0. The van der Waals surface area contributed by atoms with Gasteiger partial charge < -0.3 is 5.11 Å². The van der Waals surface area contributed by atoms with E-state index in [0.29, 0.717) is 0 Å². The highest BCUT2D eigenvalue weighted by atomic mass is 16.3. The van der Waals surface area contributed by atoms with E-state index < -0.39 is 0 Å². The number of aliphatic hydroxyl groups is 1. The lowest BCUT2D eigenvalue weighted by Crippen LogP contribution is -2.04. The molecule has 50 valence electrons. The average Bonchev–Trinajstić information content (AvgIpc) is 1.98. The summed E-state index contributed by atoms with van der Waals surface area (Å²) in [5, 5.41) is 8.97. The standard InChI is InChI=1S/C7H10O2/c1-4-3-5(2)7(9)6(4)8/h4,9H,3H2,1-2H3. The van der Waals surface area contributed by atoms with Gasteiger partial charge in [-0.05, 0) is 18.9 Å². The molecule has 0 amide bonds. The number of hydrogen-bond donors (Lipinski definition) is 1. The summed E-state index contributed by atoms with van der Waals surface area (Å²) in [5.74, 6) is -0.111. The van der Waals surface area contributed by atoms with Crippen molar-refractivity contribution in [3.63, 3.8) is 0 Å². The Hall–Kier alpha value is -0.790. The van der Waals surface area contributed by atoms with E-state index in [1.807, 2.05) is 6.92 Å².